The monoisotopic (exact) mass is 372 g/mol. The zero-order chi connectivity index (χ0) is 18.6. The first-order valence-corrected chi connectivity index (χ1v) is 10.3. The van der Waals surface area contributed by atoms with Crippen molar-refractivity contribution in [1.82, 2.24) is 30.0 Å². The summed E-state index contributed by atoms with van der Waals surface area (Å²) in [6, 6.07) is 7.17. The van der Waals surface area contributed by atoms with Crippen molar-refractivity contribution < 1.29 is 4.39 Å². The minimum Gasteiger partial charge on any atom is -0.301 e. The van der Waals surface area contributed by atoms with Crippen molar-refractivity contribution in [3.05, 3.63) is 41.5 Å². The van der Waals surface area contributed by atoms with E-state index in [4.69, 9.17) is 0 Å². The predicted molar refractivity (Wildman–Crippen MR) is 102 cm³/mol. The lowest BCUT2D eigenvalue weighted by atomic mass is 9.95. The molecule has 0 unspecified atom stereocenters. The highest BCUT2D eigenvalue weighted by molar-refractivity contribution is 5.27. The fourth-order valence-electron chi connectivity index (χ4n) is 4.50. The first-order chi connectivity index (χ1) is 13.3. The number of tetrazole rings is 1. The Morgan fingerprint density at radius 3 is 2.52 bits per heavy atom. The maximum atomic E-state index is 14.8. The molecule has 146 valence electrons. The Balaban J connectivity index is 1.69. The lowest BCUT2D eigenvalue weighted by Gasteiger charge is -2.39. The number of likely N-dealkylation sites (N-methyl/N-ethyl adjacent to an activating group) is 1. The van der Waals surface area contributed by atoms with E-state index in [-0.39, 0.29) is 11.9 Å². The SMILES string of the molecule is CCN1CCN([C@H](c2ccccc2F)c2nnnn2C2CCCCC2)CC1. The van der Waals surface area contributed by atoms with E-state index in [0.717, 1.165) is 51.4 Å². The van der Waals surface area contributed by atoms with E-state index in [0.29, 0.717) is 11.6 Å². The van der Waals surface area contributed by atoms with E-state index in [1.807, 2.05) is 16.8 Å². The van der Waals surface area contributed by atoms with Crippen LogP contribution in [-0.4, -0.2) is 62.7 Å². The molecule has 7 heteroatoms. The summed E-state index contributed by atoms with van der Waals surface area (Å²) in [7, 11) is 0. The number of aromatic nitrogens is 4. The van der Waals surface area contributed by atoms with Gasteiger partial charge in [-0.15, -0.1) is 5.10 Å². The van der Waals surface area contributed by atoms with Gasteiger partial charge in [0.2, 0.25) is 0 Å². The van der Waals surface area contributed by atoms with Gasteiger partial charge in [-0.3, -0.25) is 4.90 Å². The minimum absolute atomic E-state index is 0.182. The zero-order valence-corrected chi connectivity index (χ0v) is 16.1. The van der Waals surface area contributed by atoms with Gasteiger partial charge in [-0.1, -0.05) is 44.4 Å². The molecule has 0 spiro atoms. The van der Waals surface area contributed by atoms with Gasteiger partial charge in [0.05, 0.1) is 6.04 Å². The normalized spacial score (nSPS) is 21.4. The van der Waals surface area contributed by atoms with Crippen molar-refractivity contribution in [2.75, 3.05) is 32.7 Å². The Morgan fingerprint density at radius 1 is 1.07 bits per heavy atom. The van der Waals surface area contributed by atoms with Crippen LogP contribution in [0, 0.1) is 5.82 Å². The molecule has 1 saturated carbocycles. The Hall–Kier alpha value is -1.86. The van der Waals surface area contributed by atoms with Crippen LogP contribution in [0.5, 0.6) is 0 Å². The number of hydrogen-bond donors (Lipinski definition) is 0. The Labute approximate surface area is 160 Å². The van der Waals surface area contributed by atoms with Crippen molar-refractivity contribution >= 4 is 0 Å². The fourth-order valence-corrected chi connectivity index (χ4v) is 4.50. The van der Waals surface area contributed by atoms with E-state index in [9.17, 15) is 4.39 Å². The average Bonchev–Trinajstić information content (AvgIpc) is 3.20. The molecule has 1 aliphatic carbocycles. The molecule has 2 aromatic rings. The number of rotatable bonds is 5. The average molecular weight is 372 g/mol. The second kappa shape index (κ2) is 8.44. The highest BCUT2D eigenvalue weighted by Gasteiger charge is 2.33. The Morgan fingerprint density at radius 2 is 1.81 bits per heavy atom. The lowest BCUT2D eigenvalue weighted by Crippen LogP contribution is -2.48. The van der Waals surface area contributed by atoms with Crippen LogP contribution in [0.25, 0.3) is 0 Å². The second-order valence-electron chi connectivity index (χ2n) is 7.67. The molecule has 2 aliphatic rings. The highest BCUT2D eigenvalue weighted by atomic mass is 19.1. The summed E-state index contributed by atoms with van der Waals surface area (Å²) in [5.74, 6) is 0.607. The van der Waals surface area contributed by atoms with Gasteiger partial charge in [0.1, 0.15) is 11.9 Å². The molecule has 0 N–H and O–H groups in total. The first-order valence-electron chi connectivity index (χ1n) is 10.3. The molecule has 2 fully saturated rings. The summed E-state index contributed by atoms with van der Waals surface area (Å²) < 4.78 is 16.8. The third-order valence-corrected chi connectivity index (χ3v) is 6.10. The topological polar surface area (TPSA) is 50.1 Å². The van der Waals surface area contributed by atoms with Crippen LogP contribution in [0.1, 0.15) is 62.5 Å². The van der Waals surface area contributed by atoms with Gasteiger partial charge in [-0.25, -0.2) is 9.07 Å². The zero-order valence-electron chi connectivity index (χ0n) is 16.1. The number of piperazine rings is 1. The van der Waals surface area contributed by atoms with Crippen LogP contribution in [-0.2, 0) is 0 Å². The summed E-state index contributed by atoms with van der Waals surface area (Å²) >= 11 is 0. The maximum absolute atomic E-state index is 14.8. The van der Waals surface area contributed by atoms with Gasteiger partial charge in [-0.2, -0.15) is 0 Å². The summed E-state index contributed by atoms with van der Waals surface area (Å²) in [4.78, 5) is 4.77. The number of hydrogen-bond acceptors (Lipinski definition) is 5. The molecule has 2 heterocycles. The predicted octanol–water partition coefficient (Wildman–Crippen LogP) is 3.04. The van der Waals surface area contributed by atoms with Crippen LogP contribution in [0.15, 0.2) is 24.3 Å². The van der Waals surface area contributed by atoms with Gasteiger partial charge in [0.15, 0.2) is 5.82 Å². The number of benzene rings is 1. The molecule has 0 radical (unpaired) electrons. The highest BCUT2D eigenvalue weighted by Crippen LogP contribution is 2.34. The molecule has 1 aromatic heterocycles. The van der Waals surface area contributed by atoms with Gasteiger partial charge >= 0.3 is 0 Å². The molecule has 1 aromatic carbocycles. The fraction of sp³-hybridized carbons (Fsp3) is 0.650. The van der Waals surface area contributed by atoms with Gasteiger partial charge < -0.3 is 4.90 Å². The van der Waals surface area contributed by atoms with Crippen molar-refractivity contribution in [3.63, 3.8) is 0 Å². The molecule has 1 saturated heterocycles. The van der Waals surface area contributed by atoms with E-state index in [1.54, 1.807) is 12.1 Å². The van der Waals surface area contributed by atoms with Crippen LogP contribution < -0.4 is 0 Å². The second-order valence-corrected chi connectivity index (χ2v) is 7.67. The molecule has 6 nitrogen and oxygen atoms in total. The van der Waals surface area contributed by atoms with Gasteiger partial charge in [-0.05, 0) is 35.9 Å². The number of halogens is 1. The molecule has 27 heavy (non-hydrogen) atoms. The lowest BCUT2D eigenvalue weighted by molar-refractivity contribution is 0.105. The van der Waals surface area contributed by atoms with E-state index < -0.39 is 0 Å². The maximum Gasteiger partial charge on any atom is 0.173 e. The van der Waals surface area contributed by atoms with Crippen LogP contribution in [0.4, 0.5) is 4.39 Å². The third-order valence-electron chi connectivity index (χ3n) is 6.10. The quantitative estimate of drug-likeness (QED) is 0.807. The number of nitrogens with zero attached hydrogens (tertiary/aromatic N) is 6. The van der Waals surface area contributed by atoms with Crippen molar-refractivity contribution in [2.24, 2.45) is 0 Å². The molecule has 0 amide bonds. The smallest absolute Gasteiger partial charge is 0.173 e. The van der Waals surface area contributed by atoms with Crippen molar-refractivity contribution in [1.29, 1.82) is 0 Å². The van der Waals surface area contributed by atoms with Crippen molar-refractivity contribution in [3.8, 4) is 0 Å². The molecular formula is C20H29FN6. The van der Waals surface area contributed by atoms with Crippen LogP contribution in [0.2, 0.25) is 0 Å². The molecule has 4 rings (SSSR count). The van der Waals surface area contributed by atoms with Crippen LogP contribution in [0.3, 0.4) is 0 Å². The van der Waals surface area contributed by atoms with Crippen molar-refractivity contribution in [2.45, 2.75) is 51.1 Å². The standard InChI is InChI=1S/C20H29FN6/c1-2-25-12-14-26(15-13-25)19(17-10-6-7-11-18(17)21)20-22-23-24-27(20)16-8-4-3-5-9-16/h6-7,10-11,16,19H,2-5,8-9,12-15H2,1H3/t19-/m1/s1. The summed E-state index contributed by atoms with van der Waals surface area (Å²) in [6.07, 6.45) is 5.91. The largest absolute Gasteiger partial charge is 0.301 e. The van der Waals surface area contributed by atoms with E-state index >= 15 is 0 Å². The summed E-state index contributed by atoms with van der Waals surface area (Å²) in [5, 5.41) is 12.7. The molecule has 0 bridgehead atoms. The third kappa shape index (κ3) is 3.89. The first kappa shape index (κ1) is 18.5. The van der Waals surface area contributed by atoms with E-state index in [1.165, 1.54) is 19.3 Å². The molecule has 1 atom stereocenters. The molecule has 1 aliphatic heterocycles. The Bertz CT molecular complexity index is 734. The van der Waals surface area contributed by atoms with Crippen LogP contribution >= 0.6 is 0 Å². The van der Waals surface area contributed by atoms with Gasteiger partial charge in [0, 0.05) is 31.7 Å². The van der Waals surface area contributed by atoms with Gasteiger partial charge in [0.25, 0.3) is 0 Å². The summed E-state index contributed by atoms with van der Waals surface area (Å²) in [5.41, 5.74) is 0.675. The Kier molecular flexibility index (Phi) is 5.78. The molecular weight excluding hydrogens is 343 g/mol. The van der Waals surface area contributed by atoms with E-state index in [2.05, 4.69) is 32.2 Å². The minimum atomic E-state index is -0.234. The summed E-state index contributed by atoms with van der Waals surface area (Å²) in [6.45, 7) is 7.01.